The van der Waals surface area contributed by atoms with Crippen LogP contribution in [0.15, 0.2) is 121 Å². The monoisotopic (exact) mass is 428 g/mol. The highest BCUT2D eigenvalue weighted by Crippen LogP contribution is 2.61. The van der Waals surface area contributed by atoms with Gasteiger partial charge in [0.05, 0.1) is 0 Å². The van der Waals surface area contributed by atoms with Crippen molar-refractivity contribution in [1.29, 1.82) is 0 Å². The molecule has 0 nitrogen and oxygen atoms in total. The van der Waals surface area contributed by atoms with Crippen molar-refractivity contribution in [2.45, 2.75) is 27.7 Å². The van der Waals surface area contributed by atoms with Gasteiger partial charge in [0.1, 0.15) is 0 Å². The maximum Gasteiger partial charge on any atom is 0.0425 e. The molecular weight excluding hydrogens is 396 g/mol. The normalized spacial score (nSPS) is 12.1. The van der Waals surface area contributed by atoms with Gasteiger partial charge in [0, 0.05) is 17.3 Å². The average molecular weight is 429 g/mol. The molecule has 0 aromatic heterocycles. The van der Waals surface area contributed by atoms with Crippen molar-refractivity contribution in [3.63, 3.8) is 0 Å². The van der Waals surface area contributed by atoms with Crippen LogP contribution in [0.1, 0.15) is 49.9 Å². The molecule has 0 heterocycles. The van der Waals surface area contributed by atoms with Crippen LogP contribution >= 0.6 is 0 Å². The Balaban J connectivity index is 2.09. The molecule has 0 saturated carbocycles. The zero-order valence-electron chi connectivity index (χ0n) is 20.0. The van der Waals surface area contributed by atoms with E-state index in [2.05, 4.69) is 149 Å². The molecular formula is C33H32. The highest BCUT2D eigenvalue weighted by molar-refractivity contribution is 5.65. The van der Waals surface area contributed by atoms with Crippen LogP contribution in [0.5, 0.6) is 0 Å². The highest BCUT2D eigenvalue weighted by Gasteiger charge is 2.53. The summed E-state index contributed by atoms with van der Waals surface area (Å²) in [6, 6.07) is 43.5. The fourth-order valence-corrected chi connectivity index (χ4v) is 5.24. The van der Waals surface area contributed by atoms with Gasteiger partial charge in [-0.1, -0.05) is 149 Å². The molecule has 4 radical (unpaired) electrons. The van der Waals surface area contributed by atoms with Crippen molar-refractivity contribution in [2.75, 3.05) is 0 Å². The van der Waals surface area contributed by atoms with Gasteiger partial charge >= 0.3 is 0 Å². The molecule has 0 fully saturated rings. The Morgan fingerprint density at radius 2 is 0.576 bits per heavy atom. The molecule has 0 bridgehead atoms. The van der Waals surface area contributed by atoms with Crippen molar-refractivity contribution < 1.29 is 0 Å². The third-order valence-corrected chi connectivity index (χ3v) is 6.50. The second-order valence-electron chi connectivity index (χ2n) is 8.96. The maximum atomic E-state index is 2.28. The van der Waals surface area contributed by atoms with Gasteiger partial charge in [-0.25, -0.2) is 0 Å². The Labute approximate surface area is 200 Å². The van der Waals surface area contributed by atoms with Crippen molar-refractivity contribution >= 4 is 0 Å². The quantitative estimate of drug-likeness (QED) is 0.264. The molecule has 0 aliphatic carbocycles. The lowest BCUT2D eigenvalue weighted by Gasteiger charge is -2.52. The number of benzene rings is 4. The largest absolute Gasteiger partial charge is 0.0622 e. The van der Waals surface area contributed by atoms with E-state index in [1.165, 1.54) is 45.9 Å². The fraction of sp³-hybridized carbons (Fsp3) is 0.152. The highest BCUT2D eigenvalue weighted by atomic mass is 14.5. The topological polar surface area (TPSA) is 0 Å². The number of hydrogen-bond acceptors (Lipinski definition) is 0. The van der Waals surface area contributed by atoms with E-state index in [4.69, 9.17) is 0 Å². The SMILES string of the molecule is C[C](C)C([C](C)C)([C](c1ccccc1)c1ccccc1)[C](c1ccccc1)c1ccccc1. The van der Waals surface area contributed by atoms with E-state index in [1.807, 2.05) is 0 Å². The first-order valence-electron chi connectivity index (χ1n) is 11.6. The molecule has 4 rings (SSSR count). The van der Waals surface area contributed by atoms with Crippen LogP contribution in [0, 0.1) is 29.1 Å². The maximum absolute atomic E-state index is 2.28. The zero-order valence-corrected chi connectivity index (χ0v) is 20.0. The van der Waals surface area contributed by atoms with Crippen LogP contribution in [0.2, 0.25) is 0 Å². The molecule has 164 valence electrons. The third kappa shape index (κ3) is 4.40. The Bertz CT molecular complexity index is 924. The summed E-state index contributed by atoms with van der Waals surface area (Å²) in [7, 11) is 0. The average Bonchev–Trinajstić information content (AvgIpc) is 2.86. The molecule has 0 spiro atoms. The van der Waals surface area contributed by atoms with Crippen LogP contribution in [0.3, 0.4) is 0 Å². The van der Waals surface area contributed by atoms with E-state index >= 15 is 0 Å². The van der Waals surface area contributed by atoms with Gasteiger partial charge in [-0.05, 0) is 34.1 Å². The molecule has 33 heavy (non-hydrogen) atoms. The van der Waals surface area contributed by atoms with Crippen molar-refractivity contribution in [3.8, 4) is 0 Å². The van der Waals surface area contributed by atoms with Gasteiger partial charge in [0.2, 0.25) is 0 Å². The summed E-state index contributed by atoms with van der Waals surface area (Å²) in [6.45, 7) is 9.13. The van der Waals surface area contributed by atoms with Crippen LogP contribution in [0.4, 0.5) is 0 Å². The summed E-state index contributed by atoms with van der Waals surface area (Å²) in [6.07, 6.45) is 0. The van der Waals surface area contributed by atoms with E-state index in [0.717, 1.165) is 0 Å². The minimum Gasteiger partial charge on any atom is -0.0622 e. The Morgan fingerprint density at radius 3 is 0.758 bits per heavy atom. The number of rotatable bonds is 8. The van der Waals surface area contributed by atoms with E-state index in [0.29, 0.717) is 0 Å². The van der Waals surface area contributed by atoms with Gasteiger partial charge in [0.25, 0.3) is 0 Å². The molecule has 0 aliphatic rings. The standard InChI is InChI=1S/C33H32/c1-25(2)33(26(3)4,31(27-17-9-5-10-18-27)28-19-11-6-12-20-28)32(29-21-13-7-14-22-29)30-23-15-8-16-24-30/h5-24H,1-4H3. The Morgan fingerprint density at radius 1 is 0.364 bits per heavy atom. The van der Waals surface area contributed by atoms with Crippen LogP contribution in [0.25, 0.3) is 0 Å². The van der Waals surface area contributed by atoms with Gasteiger partial charge < -0.3 is 0 Å². The Hall–Kier alpha value is -3.12. The number of hydrogen-bond donors (Lipinski definition) is 0. The van der Waals surface area contributed by atoms with Crippen LogP contribution in [-0.2, 0) is 0 Å². The second kappa shape index (κ2) is 10.2. The summed E-state index contributed by atoms with van der Waals surface area (Å²) in [5.74, 6) is 5.36. The summed E-state index contributed by atoms with van der Waals surface area (Å²) >= 11 is 0. The first kappa shape index (κ1) is 23.1. The van der Waals surface area contributed by atoms with Gasteiger partial charge in [-0.15, -0.1) is 0 Å². The molecule has 0 heteroatoms. The van der Waals surface area contributed by atoms with Crippen molar-refractivity contribution in [1.82, 2.24) is 0 Å². The minimum atomic E-state index is -0.384. The summed E-state index contributed by atoms with van der Waals surface area (Å²) < 4.78 is 0. The lowest BCUT2D eigenvalue weighted by Crippen LogP contribution is -2.45. The van der Waals surface area contributed by atoms with Gasteiger partial charge in [-0.3, -0.25) is 0 Å². The molecule has 4 aromatic carbocycles. The molecule has 0 N–H and O–H groups in total. The summed E-state index contributed by atoms with van der Waals surface area (Å²) in [4.78, 5) is 0. The fourth-order valence-electron chi connectivity index (χ4n) is 5.24. The van der Waals surface area contributed by atoms with Gasteiger partial charge in [0.15, 0.2) is 0 Å². The van der Waals surface area contributed by atoms with Crippen molar-refractivity contribution in [3.05, 3.63) is 167 Å². The van der Waals surface area contributed by atoms with E-state index in [-0.39, 0.29) is 5.41 Å². The predicted octanol–water partition coefficient (Wildman–Crippen LogP) is 8.54. The second-order valence-corrected chi connectivity index (χ2v) is 8.96. The van der Waals surface area contributed by atoms with E-state index in [1.54, 1.807) is 0 Å². The smallest absolute Gasteiger partial charge is 0.0425 e. The molecule has 0 unspecified atom stereocenters. The summed E-state index contributed by atoms with van der Waals surface area (Å²) in [5, 5.41) is 0. The Kier molecular flexibility index (Phi) is 7.14. The van der Waals surface area contributed by atoms with Crippen molar-refractivity contribution in [2.24, 2.45) is 5.41 Å². The summed E-state index contributed by atoms with van der Waals surface area (Å²) in [5.41, 5.74) is 4.60. The van der Waals surface area contributed by atoms with Crippen LogP contribution in [-0.4, -0.2) is 0 Å². The van der Waals surface area contributed by atoms with Gasteiger partial charge in [-0.2, -0.15) is 0 Å². The molecule has 0 amide bonds. The molecule has 4 aromatic rings. The first-order chi connectivity index (χ1) is 16.1. The lowest BCUT2D eigenvalue weighted by atomic mass is 9.49. The molecule has 0 atom stereocenters. The van der Waals surface area contributed by atoms with Crippen LogP contribution < -0.4 is 0 Å². The minimum absolute atomic E-state index is 0.384. The third-order valence-electron chi connectivity index (χ3n) is 6.50. The van der Waals surface area contributed by atoms with E-state index < -0.39 is 0 Å². The first-order valence-corrected chi connectivity index (χ1v) is 11.6. The molecule has 0 saturated heterocycles. The lowest BCUT2D eigenvalue weighted by molar-refractivity contribution is 0.407. The van der Waals surface area contributed by atoms with E-state index in [9.17, 15) is 0 Å². The molecule has 0 aliphatic heterocycles. The predicted molar refractivity (Wildman–Crippen MR) is 140 cm³/mol. The zero-order chi connectivity index (χ0) is 23.3.